The monoisotopic (exact) mass is 325 g/mol. The molecule has 0 bridgehead atoms. The first kappa shape index (κ1) is 14.4. The number of aromatic nitrogens is 2. The summed E-state index contributed by atoms with van der Waals surface area (Å²) >= 11 is 1.67. The van der Waals surface area contributed by atoms with Crippen molar-refractivity contribution < 1.29 is 8.42 Å². The van der Waals surface area contributed by atoms with Crippen molar-refractivity contribution in [1.29, 1.82) is 0 Å². The van der Waals surface area contributed by atoms with Crippen LogP contribution in [-0.4, -0.2) is 29.2 Å². The molecule has 9 heteroatoms. The second-order valence-electron chi connectivity index (χ2n) is 4.73. The number of nitrogens with zero attached hydrogens (tertiary/aromatic N) is 3. The molecular weight excluding hydrogens is 310 g/mol. The molecule has 3 heterocycles. The molecule has 21 heavy (non-hydrogen) atoms. The van der Waals surface area contributed by atoms with Gasteiger partial charge in [-0.1, -0.05) is 0 Å². The zero-order valence-corrected chi connectivity index (χ0v) is 13.0. The van der Waals surface area contributed by atoms with Gasteiger partial charge < -0.3 is 0 Å². The highest BCUT2D eigenvalue weighted by Crippen LogP contribution is 2.36. The number of hydrazine groups is 1. The molecule has 0 saturated heterocycles. The average Bonchev–Trinajstić information content (AvgIpc) is 2.97. The number of rotatable bonds is 3. The molecule has 0 aliphatic carbocycles. The van der Waals surface area contributed by atoms with Gasteiger partial charge in [-0.25, -0.2) is 24.2 Å². The van der Waals surface area contributed by atoms with E-state index in [1.165, 1.54) is 21.6 Å². The van der Waals surface area contributed by atoms with Crippen LogP contribution >= 0.6 is 11.3 Å². The van der Waals surface area contributed by atoms with Crippen LogP contribution in [0.1, 0.15) is 23.4 Å². The zero-order chi connectivity index (χ0) is 15.0. The van der Waals surface area contributed by atoms with E-state index in [1.807, 2.05) is 18.4 Å². The first-order chi connectivity index (χ1) is 10.0. The van der Waals surface area contributed by atoms with E-state index in [-0.39, 0.29) is 16.9 Å². The predicted octanol–water partition coefficient (Wildman–Crippen LogP) is 1.13. The van der Waals surface area contributed by atoms with Gasteiger partial charge in [0, 0.05) is 17.5 Å². The molecule has 7 nitrogen and oxygen atoms in total. The molecule has 112 valence electrons. The van der Waals surface area contributed by atoms with Crippen LogP contribution in [-0.2, 0) is 16.4 Å². The summed E-state index contributed by atoms with van der Waals surface area (Å²) in [7, 11) is -3.61. The van der Waals surface area contributed by atoms with Crippen LogP contribution in [0, 0.1) is 0 Å². The quantitative estimate of drug-likeness (QED) is 0.648. The van der Waals surface area contributed by atoms with Gasteiger partial charge in [0.05, 0.1) is 12.4 Å². The maximum absolute atomic E-state index is 12.7. The summed E-state index contributed by atoms with van der Waals surface area (Å²) in [6.45, 7) is 2.37. The summed E-state index contributed by atoms with van der Waals surface area (Å²) in [6, 6.07) is 1.81. The maximum Gasteiger partial charge on any atom is 0.246 e. The van der Waals surface area contributed by atoms with Gasteiger partial charge in [-0.2, -0.15) is 4.31 Å². The summed E-state index contributed by atoms with van der Waals surface area (Å²) < 4.78 is 26.9. The Labute approximate surface area is 126 Å². The molecule has 0 radical (unpaired) electrons. The lowest BCUT2D eigenvalue weighted by Crippen LogP contribution is -2.38. The van der Waals surface area contributed by atoms with Crippen LogP contribution in [0.4, 0.5) is 5.95 Å². The van der Waals surface area contributed by atoms with E-state index < -0.39 is 10.0 Å². The number of hydrogen-bond acceptors (Lipinski definition) is 7. The first-order valence-electron chi connectivity index (χ1n) is 6.41. The molecule has 1 atom stereocenters. The number of nitrogens with two attached hydrogens (primary N) is 1. The van der Waals surface area contributed by atoms with Crippen molar-refractivity contribution in [3.8, 4) is 0 Å². The van der Waals surface area contributed by atoms with Gasteiger partial charge in [0.1, 0.15) is 4.90 Å². The summed E-state index contributed by atoms with van der Waals surface area (Å²) in [5, 5.41) is 2.00. The van der Waals surface area contributed by atoms with Gasteiger partial charge in [0.25, 0.3) is 0 Å². The van der Waals surface area contributed by atoms with Gasteiger partial charge in [-0.15, -0.1) is 11.3 Å². The Balaban J connectivity index is 1.95. The smallest absolute Gasteiger partial charge is 0.246 e. The highest BCUT2D eigenvalue weighted by Gasteiger charge is 2.34. The number of nitrogen functional groups attached to an aromatic ring is 1. The van der Waals surface area contributed by atoms with Crippen molar-refractivity contribution in [2.45, 2.75) is 24.3 Å². The highest BCUT2D eigenvalue weighted by molar-refractivity contribution is 7.89. The Morgan fingerprint density at radius 2 is 2.14 bits per heavy atom. The van der Waals surface area contributed by atoms with Crippen molar-refractivity contribution >= 4 is 27.3 Å². The molecule has 2 aromatic heterocycles. The van der Waals surface area contributed by atoms with E-state index in [1.54, 1.807) is 11.3 Å². The Kier molecular flexibility index (Phi) is 3.66. The predicted molar refractivity (Wildman–Crippen MR) is 80.2 cm³/mol. The standard InChI is InChI=1S/C12H15N5O2S2/c1-8-10-3-5-20-11(10)2-4-17(8)21(18,19)9-6-14-12(16-13)15-7-9/h3,5-8H,2,4,13H2,1H3,(H,14,15,16). The van der Waals surface area contributed by atoms with Gasteiger partial charge in [-0.05, 0) is 30.4 Å². The fraction of sp³-hybridized carbons (Fsp3) is 0.333. The average molecular weight is 325 g/mol. The molecule has 1 aliphatic heterocycles. The van der Waals surface area contributed by atoms with Crippen LogP contribution in [0.5, 0.6) is 0 Å². The third kappa shape index (κ3) is 2.42. The number of thiophene rings is 1. The van der Waals surface area contributed by atoms with E-state index in [9.17, 15) is 8.42 Å². The van der Waals surface area contributed by atoms with Gasteiger partial charge in [0.2, 0.25) is 16.0 Å². The molecule has 1 unspecified atom stereocenters. The van der Waals surface area contributed by atoms with Crippen LogP contribution in [0.3, 0.4) is 0 Å². The molecule has 0 spiro atoms. The lowest BCUT2D eigenvalue weighted by Gasteiger charge is -2.32. The lowest BCUT2D eigenvalue weighted by molar-refractivity contribution is 0.329. The molecule has 0 aromatic carbocycles. The Hall–Kier alpha value is -1.55. The third-order valence-electron chi connectivity index (χ3n) is 3.59. The van der Waals surface area contributed by atoms with Gasteiger partial charge in [-0.3, -0.25) is 5.43 Å². The highest BCUT2D eigenvalue weighted by atomic mass is 32.2. The zero-order valence-electron chi connectivity index (χ0n) is 11.4. The minimum atomic E-state index is -3.61. The molecule has 0 saturated carbocycles. The molecular formula is C12H15N5O2S2. The summed E-state index contributed by atoms with van der Waals surface area (Å²) in [4.78, 5) is 9.07. The summed E-state index contributed by atoms with van der Waals surface area (Å²) in [5.41, 5.74) is 3.35. The summed E-state index contributed by atoms with van der Waals surface area (Å²) in [5.74, 6) is 5.36. The second-order valence-corrected chi connectivity index (χ2v) is 7.62. The number of nitrogens with one attached hydrogen (secondary N) is 1. The fourth-order valence-electron chi connectivity index (χ4n) is 2.47. The maximum atomic E-state index is 12.7. The van der Waals surface area contributed by atoms with Crippen LogP contribution in [0.15, 0.2) is 28.7 Å². The van der Waals surface area contributed by atoms with Crippen molar-refractivity contribution in [2.75, 3.05) is 12.0 Å². The largest absolute Gasteiger partial charge is 0.292 e. The third-order valence-corrected chi connectivity index (χ3v) is 6.50. The Morgan fingerprint density at radius 3 is 2.81 bits per heavy atom. The van der Waals surface area contributed by atoms with Crippen LogP contribution in [0.2, 0.25) is 0 Å². The molecule has 0 fully saturated rings. The minimum Gasteiger partial charge on any atom is -0.292 e. The molecule has 3 N–H and O–H groups in total. The van der Waals surface area contributed by atoms with Gasteiger partial charge in [0.15, 0.2) is 0 Å². The topological polar surface area (TPSA) is 101 Å². The van der Waals surface area contributed by atoms with E-state index >= 15 is 0 Å². The number of hydrogen-bond donors (Lipinski definition) is 2. The molecule has 1 aliphatic rings. The second kappa shape index (κ2) is 5.34. The van der Waals surface area contributed by atoms with Crippen molar-refractivity contribution in [2.24, 2.45) is 5.84 Å². The fourth-order valence-corrected chi connectivity index (χ4v) is 4.94. The first-order valence-corrected chi connectivity index (χ1v) is 8.73. The number of anilines is 1. The molecule has 0 amide bonds. The number of fused-ring (bicyclic) bond motifs is 1. The number of sulfonamides is 1. The Bertz CT molecular complexity index is 741. The minimum absolute atomic E-state index is 0.0760. The van der Waals surface area contributed by atoms with Crippen LogP contribution < -0.4 is 11.3 Å². The van der Waals surface area contributed by atoms with Crippen molar-refractivity contribution in [3.63, 3.8) is 0 Å². The Morgan fingerprint density at radius 1 is 1.43 bits per heavy atom. The SMILES string of the molecule is CC1c2ccsc2CCN1S(=O)(=O)c1cnc(NN)nc1. The van der Waals surface area contributed by atoms with E-state index in [0.717, 1.165) is 12.0 Å². The van der Waals surface area contributed by atoms with E-state index in [2.05, 4.69) is 15.4 Å². The lowest BCUT2D eigenvalue weighted by atomic mass is 10.0. The molecule has 2 aromatic rings. The van der Waals surface area contributed by atoms with Crippen LogP contribution in [0.25, 0.3) is 0 Å². The van der Waals surface area contributed by atoms with Crippen molar-refractivity contribution in [3.05, 3.63) is 34.3 Å². The van der Waals surface area contributed by atoms with Crippen molar-refractivity contribution in [1.82, 2.24) is 14.3 Å². The van der Waals surface area contributed by atoms with E-state index in [0.29, 0.717) is 6.54 Å². The normalized spacial score (nSPS) is 19.2. The summed E-state index contributed by atoms with van der Waals surface area (Å²) in [6.07, 6.45) is 3.28. The van der Waals surface area contributed by atoms with Gasteiger partial charge >= 0.3 is 0 Å². The molecule has 3 rings (SSSR count). The van der Waals surface area contributed by atoms with E-state index in [4.69, 9.17) is 5.84 Å².